The van der Waals surface area contributed by atoms with Gasteiger partial charge in [0.2, 0.25) is 0 Å². The van der Waals surface area contributed by atoms with E-state index in [0.29, 0.717) is 24.1 Å². The molecule has 3 aromatic rings. The quantitative estimate of drug-likeness (QED) is 0.475. The van der Waals surface area contributed by atoms with Gasteiger partial charge in [0.05, 0.1) is 25.3 Å². The van der Waals surface area contributed by atoms with Crippen LogP contribution in [0.25, 0.3) is 22.5 Å². The van der Waals surface area contributed by atoms with Gasteiger partial charge in [0, 0.05) is 35.6 Å². The smallest absolute Gasteiger partial charge is 0.268 e. The molecule has 35 heavy (non-hydrogen) atoms. The van der Waals surface area contributed by atoms with E-state index >= 15 is 0 Å². The number of aliphatic hydroxyl groups excluding tert-OH is 1. The van der Waals surface area contributed by atoms with Crippen LogP contribution in [0.4, 0.5) is 10.1 Å². The third kappa shape index (κ3) is 4.69. The standard InChI is InChI=1S/C26H30FN5O3/c1-14(2)15-7-8-18(21(9-15)32-12-16(28)10-17(32)13-33)19-11-30-26(31-24(19)25(29)34)23-20(27)5-4-6-22(23)35-3/h4-9,11,14,16-17,33H,10,12-13,28H2,1-3H3,(H2,29,34)/t16-,17-/m0/s1. The molecule has 0 aliphatic carbocycles. The molecule has 1 aromatic heterocycles. The summed E-state index contributed by atoms with van der Waals surface area (Å²) in [4.78, 5) is 23.3. The van der Waals surface area contributed by atoms with Crippen molar-refractivity contribution in [3.63, 3.8) is 0 Å². The molecule has 184 valence electrons. The van der Waals surface area contributed by atoms with Crippen molar-refractivity contribution in [2.75, 3.05) is 25.2 Å². The van der Waals surface area contributed by atoms with Crippen LogP contribution in [-0.4, -0.2) is 53.3 Å². The van der Waals surface area contributed by atoms with E-state index in [9.17, 15) is 14.3 Å². The van der Waals surface area contributed by atoms with Crippen molar-refractivity contribution in [1.82, 2.24) is 9.97 Å². The number of nitrogens with zero attached hydrogens (tertiary/aromatic N) is 3. The molecule has 4 rings (SSSR count). The van der Waals surface area contributed by atoms with Gasteiger partial charge in [0.25, 0.3) is 5.91 Å². The van der Waals surface area contributed by atoms with Gasteiger partial charge in [-0.3, -0.25) is 4.79 Å². The molecule has 2 aromatic carbocycles. The number of hydrogen-bond acceptors (Lipinski definition) is 7. The average molecular weight is 480 g/mol. The van der Waals surface area contributed by atoms with Crippen LogP contribution in [0.2, 0.25) is 0 Å². The minimum absolute atomic E-state index is 0.00530. The normalized spacial score (nSPS) is 17.7. The number of aromatic nitrogens is 2. The Kier molecular flexibility index (Phi) is 7.00. The zero-order chi connectivity index (χ0) is 25.3. The molecule has 5 N–H and O–H groups in total. The first-order chi connectivity index (χ1) is 16.7. The molecule has 1 fully saturated rings. The number of rotatable bonds is 7. The van der Waals surface area contributed by atoms with Gasteiger partial charge in [-0.1, -0.05) is 32.0 Å². The number of methoxy groups -OCH3 is 1. The Morgan fingerprint density at radius 2 is 2.06 bits per heavy atom. The van der Waals surface area contributed by atoms with E-state index in [2.05, 4.69) is 28.7 Å². The molecule has 9 heteroatoms. The second-order valence-electron chi connectivity index (χ2n) is 9.05. The number of aliphatic hydroxyl groups is 1. The number of anilines is 1. The van der Waals surface area contributed by atoms with Crippen LogP contribution < -0.4 is 21.1 Å². The van der Waals surface area contributed by atoms with E-state index in [4.69, 9.17) is 16.2 Å². The molecule has 0 unspecified atom stereocenters. The maximum absolute atomic E-state index is 14.7. The van der Waals surface area contributed by atoms with Crippen molar-refractivity contribution in [1.29, 1.82) is 0 Å². The lowest BCUT2D eigenvalue weighted by Crippen LogP contribution is -2.33. The summed E-state index contributed by atoms with van der Waals surface area (Å²) in [5, 5.41) is 9.99. The maximum Gasteiger partial charge on any atom is 0.268 e. The summed E-state index contributed by atoms with van der Waals surface area (Å²) in [5.41, 5.74) is 15.0. The Morgan fingerprint density at radius 1 is 1.29 bits per heavy atom. The summed E-state index contributed by atoms with van der Waals surface area (Å²) in [6, 6.07) is 10.0. The number of benzene rings is 2. The van der Waals surface area contributed by atoms with E-state index in [-0.39, 0.29) is 47.4 Å². The van der Waals surface area contributed by atoms with Crippen LogP contribution in [0.3, 0.4) is 0 Å². The van der Waals surface area contributed by atoms with Crippen LogP contribution in [0.15, 0.2) is 42.6 Å². The van der Waals surface area contributed by atoms with Crippen molar-refractivity contribution >= 4 is 11.6 Å². The summed E-state index contributed by atoms with van der Waals surface area (Å²) in [7, 11) is 1.42. The van der Waals surface area contributed by atoms with E-state index in [1.54, 1.807) is 6.07 Å². The zero-order valence-corrected chi connectivity index (χ0v) is 20.0. The highest BCUT2D eigenvalue weighted by atomic mass is 19.1. The van der Waals surface area contributed by atoms with Gasteiger partial charge in [-0.05, 0) is 36.1 Å². The zero-order valence-electron chi connectivity index (χ0n) is 20.0. The van der Waals surface area contributed by atoms with E-state index in [1.807, 2.05) is 18.2 Å². The second-order valence-corrected chi connectivity index (χ2v) is 9.05. The molecule has 0 radical (unpaired) electrons. The van der Waals surface area contributed by atoms with Gasteiger partial charge in [-0.25, -0.2) is 14.4 Å². The van der Waals surface area contributed by atoms with Crippen LogP contribution in [0.1, 0.15) is 42.2 Å². The van der Waals surface area contributed by atoms with Crippen molar-refractivity contribution in [2.24, 2.45) is 11.5 Å². The molecule has 1 aliphatic heterocycles. The minimum Gasteiger partial charge on any atom is -0.496 e. The Balaban J connectivity index is 1.91. The topological polar surface area (TPSA) is 128 Å². The van der Waals surface area contributed by atoms with Crippen molar-refractivity contribution in [3.05, 3.63) is 59.7 Å². The average Bonchev–Trinajstić information content (AvgIpc) is 3.23. The summed E-state index contributed by atoms with van der Waals surface area (Å²) in [5.74, 6) is -0.850. The van der Waals surface area contributed by atoms with E-state index in [1.165, 1.54) is 25.4 Å². The fraction of sp³-hybridized carbons (Fsp3) is 0.346. The molecule has 1 amide bonds. The number of amides is 1. The van der Waals surface area contributed by atoms with Gasteiger partial charge in [-0.2, -0.15) is 0 Å². The Morgan fingerprint density at radius 3 is 2.71 bits per heavy atom. The molecule has 1 saturated heterocycles. The number of hydrogen-bond donors (Lipinski definition) is 3. The third-order valence-electron chi connectivity index (χ3n) is 6.39. The molecule has 2 heterocycles. The summed E-state index contributed by atoms with van der Waals surface area (Å²) >= 11 is 0. The van der Waals surface area contributed by atoms with Crippen LogP contribution >= 0.6 is 0 Å². The number of carbonyl (C=O) groups excluding carboxylic acids is 1. The van der Waals surface area contributed by atoms with Crippen molar-refractivity contribution in [3.8, 4) is 28.3 Å². The van der Waals surface area contributed by atoms with Crippen LogP contribution in [0.5, 0.6) is 5.75 Å². The summed E-state index contributed by atoms with van der Waals surface area (Å²) in [6.07, 6.45) is 2.12. The lowest BCUT2D eigenvalue weighted by atomic mass is 9.95. The first-order valence-electron chi connectivity index (χ1n) is 11.5. The fourth-order valence-corrected chi connectivity index (χ4v) is 4.57. The number of ether oxygens (including phenoxy) is 1. The number of primary amides is 1. The highest BCUT2D eigenvalue weighted by molar-refractivity contribution is 6.00. The van der Waals surface area contributed by atoms with Gasteiger partial charge in [0.1, 0.15) is 17.3 Å². The predicted octanol–water partition coefficient (Wildman–Crippen LogP) is 3.08. The number of carbonyl (C=O) groups is 1. The molecule has 0 bridgehead atoms. The van der Waals surface area contributed by atoms with Crippen LogP contribution in [-0.2, 0) is 0 Å². The van der Waals surface area contributed by atoms with Gasteiger partial charge < -0.3 is 26.2 Å². The Labute approximate surface area is 203 Å². The SMILES string of the molecule is COc1cccc(F)c1-c1ncc(-c2ccc(C(C)C)cc2N2C[C@@H](N)C[C@H]2CO)c(C(N)=O)n1. The number of halogens is 1. The van der Waals surface area contributed by atoms with E-state index < -0.39 is 11.7 Å². The third-order valence-corrected chi connectivity index (χ3v) is 6.39. The van der Waals surface area contributed by atoms with Gasteiger partial charge in [-0.15, -0.1) is 0 Å². The Bertz CT molecular complexity index is 1250. The molecular weight excluding hydrogens is 449 g/mol. The monoisotopic (exact) mass is 479 g/mol. The predicted molar refractivity (Wildman–Crippen MR) is 133 cm³/mol. The van der Waals surface area contributed by atoms with Gasteiger partial charge >= 0.3 is 0 Å². The van der Waals surface area contributed by atoms with Crippen molar-refractivity contribution < 1.29 is 19.0 Å². The largest absolute Gasteiger partial charge is 0.496 e. The molecule has 0 spiro atoms. The van der Waals surface area contributed by atoms with E-state index in [0.717, 1.165) is 11.3 Å². The highest BCUT2D eigenvalue weighted by Crippen LogP contribution is 2.39. The highest BCUT2D eigenvalue weighted by Gasteiger charge is 2.32. The molecule has 8 nitrogen and oxygen atoms in total. The molecular formula is C26H30FN5O3. The lowest BCUT2D eigenvalue weighted by Gasteiger charge is -2.29. The molecule has 1 aliphatic rings. The summed E-state index contributed by atoms with van der Waals surface area (Å²) < 4.78 is 19.9. The Hall–Kier alpha value is -3.56. The van der Waals surface area contributed by atoms with Crippen molar-refractivity contribution in [2.45, 2.75) is 38.3 Å². The number of nitrogens with two attached hydrogens (primary N) is 2. The second kappa shape index (κ2) is 9.97. The lowest BCUT2D eigenvalue weighted by molar-refractivity contribution is 0.0996. The first-order valence-corrected chi connectivity index (χ1v) is 11.5. The fourth-order valence-electron chi connectivity index (χ4n) is 4.57. The molecule has 0 saturated carbocycles. The van der Waals surface area contributed by atoms with Crippen LogP contribution in [0, 0.1) is 5.82 Å². The maximum atomic E-state index is 14.7. The minimum atomic E-state index is -0.769. The summed E-state index contributed by atoms with van der Waals surface area (Å²) in [6.45, 7) is 4.68. The molecule has 2 atom stereocenters. The van der Waals surface area contributed by atoms with Gasteiger partial charge in [0.15, 0.2) is 5.82 Å². The first kappa shape index (κ1) is 24.6.